The first-order valence-electron chi connectivity index (χ1n) is 8.46. The predicted molar refractivity (Wildman–Crippen MR) is 111 cm³/mol. The molecule has 0 bridgehead atoms. The summed E-state index contributed by atoms with van der Waals surface area (Å²) in [5.74, 6) is 0.203. The fourth-order valence-corrected chi connectivity index (χ4v) is 4.00. The van der Waals surface area contributed by atoms with Gasteiger partial charge in [0.2, 0.25) is 5.91 Å². The minimum atomic E-state index is -0.0558. The SMILES string of the molecule is O=C(Cc1csc(-c2ccc(Cl)cc2Cl)n1)NCCCc1ccc(O)cc1. The van der Waals surface area contributed by atoms with E-state index in [1.54, 1.807) is 24.3 Å². The van der Waals surface area contributed by atoms with Gasteiger partial charge in [0.1, 0.15) is 10.8 Å². The van der Waals surface area contributed by atoms with Crippen LogP contribution in [-0.2, 0) is 17.6 Å². The van der Waals surface area contributed by atoms with Crippen molar-refractivity contribution < 1.29 is 9.90 Å². The van der Waals surface area contributed by atoms with Gasteiger partial charge in [-0.1, -0.05) is 35.3 Å². The lowest BCUT2D eigenvalue weighted by Crippen LogP contribution is -2.26. The molecule has 1 aromatic heterocycles. The van der Waals surface area contributed by atoms with Crippen LogP contribution in [0.25, 0.3) is 10.6 Å². The van der Waals surface area contributed by atoms with Crippen LogP contribution in [0, 0.1) is 0 Å². The third-order valence-corrected chi connectivity index (χ3v) is 5.43. The van der Waals surface area contributed by atoms with Crippen LogP contribution in [0.3, 0.4) is 0 Å². The Bertz CT molecular complexity index is 926. The molecule has 0 aliphatic heterocycles. The van der Waals surface area contributed by atoms with E-state index in [1.807, 2.05) is 23.6 Å². The number of phenolic OH excluding ortho intramolecular Hbond substituents is 1. The highest BCUT2D eigenvalue weighted by Gasteiger charge is 2.11. The number of nitrogens with zero attached hydrogens (tertiary/aromatic N) is 1. The molecule has 0 radical (unpaired) electrons. The molecule has 0 aliphatic carbocycles. The Morgan fingerprint density at radius 2 is 1.93 bits per heavy atom. The Hall–Kier alpha value is -2.08. The van der Waals surface area contributed by atoms with Crippen molar-refractivity contribution in [3.8, 4) is 16.3 Å². The van der Waals surface area contributed by atoms with E-state index in [0.717, 1.165) is 34.7 Å². The number of halogens is 2. The average Bonchev–Trinajstić information content (AvgIpc) is 3.08. The van der Waals surface area contributed by atoms with Gasteiger partial charge >= 0.3 is 0 Å². The van der Waals surface area contributed by atoms with E-state index in [4.69, 9.17) is 23.2 Å². The van der Waals surface area contributed by atoms with Crippen molar-refractivity contribution in [3.63, 3.8) is 0 Å². The summed E-state index contributed by atoms with van der Waals surface area (Å²) < 4.78 is 0. The summed E-state index contributed by atoms with van der Waals surface area (Å²) in [7, 11) is 0. The molecule has 0 saturated heterocycles. The second-order valence-corrected chi connectivity index (χ2v) is 7.77. The van der Waals surface area contributed by atoms with Crippen LogP contribution in [0.2, 0.25) is 10.0 Å². The number of hydrogen-bond donors (Lipinski definition) is 2. The highest BCUT2D eigenvalue weighted by Crippen LogP contribution is 2.32. The van der Waals surface area contributed by atoms with Gasteiger partial charge in [0.15, 0.2) is 0 Å². The van der Waals surface area contributed by atoms with Crippen LogP contribution in [0.5, 0.6) is 5.75 Å². The molecule has 1 heterocycles. The van der Waals surface area contributed by atoms with Gasteiger partial charge in [-0.3, -0.25) is 4.79 Å². The quantitative estimate of drug-likeness (QED) is 0.521. The maximum atomic E-state index is 12.1. The number of carbonyl (C=O) groups is 1. The van der Waals surface area contributed by atoms with Gasteiger partial charge in [-0.25, -0.2) is 4.98 Å². The Morgan fingerprint density at radius 3 is 2.67 bits per heavy atom. The second kappa shape index (κ2) is 9.22. The van der Waals surface area contributed by atoms with Crippen LogP contribution in [-0.4, -0.2) is 22.5 Å². The van der Waals surface area contributed by atoms with Gasteiger partial charge in [0.25, 0.3) is 0 Å². The fraction of sp³-hybridized carbons (Fsp3) is 0.200. The molecular weight excluding hydrogens is 403 g/mol. The number of benzene rings is 2. The van der Waals surface area contributed by atoms with E-state index in [2.05, 4.69) is 10.3 Å². The zero-order valence-corrected chi connectivity index (χ0v) is 16.7. The molecule has 140 valence electrons. The minimum absolute atomic E-state index is 0.0558. The normalized spacial score (nSPS) is 10.7. The highest BCUT2D eigenvalue weighted by molar-refractivity contribution is 7.13. The number of phenols is 1. The van der Waals surface area contributed by atoms with E-state index in [-0.39, 0.29) is 18.1 Å². The zero-order chi connectivity index (χ0) is 19.2. The molecule has 4 nitrogen and oxygen atoms in total. The summed E-state index contributed by atoms with van der Waals surface area (Å²) >= 11 is 13.6. The standard InChI is InChI=1S/C20H18Cl2N2O2S/c21-14-5-8-17(18(22)10-14)20-24-15(12-27-20)11-19(26)23-9-1-2-13-3-6-16(25)7-4-13/h3-8,10,12,25H,1-2,9,11H2,(H,23,26). The number of carbonyl (C=O) groups excluding carboxylic acids is 1. The second-order valence-electron chi connectivity index (χ2n) is 6.06. The van der Waals surface area contributed by atoms with Gasteiger partial charge in [-0.2, -0.15) is 0 Å². The van der Waals surface area contributed by atoms with Crippen molar-refractivity contribution in [1.29, 1.82) is 0 Å². The van der Waals surface area contributed by atoms with E-state index in [9.17, 15) is 9.90 Å². The lowest BCUT2D eigenvalue weighted by molar-refractivity contribution is -0.120. The molecule has 0 fully saturated rings. The molecule has 3 aromatic rings. The topological polar surface area (TPSA) is 62.2 Å². The van der Waals surface area contributed by atoms with Gasteiger partial charge in [0, 0.05) is 22.5 Å². The average molecular weight is 421 g/mol. The van der Waals surface area contributed by atoms with E-state index in [1.165, 1.54) is 11.3 Å². The van der Waals surface area contributed by atoms with Gasteiger partial charge < -0.3 is 10.4 Å². The van der Waals surface area contributed by atoms with E-state index >= 15 is 0 Å². The number of aromatic nitrogens is 1. The molecule has 7 heteroatoms. The molecular formula is C20H18Cl2N2O2S. The summed E-state index contributed by atoms with van der Waals surface area (Å²) in [4.78, 5) is 16.6. The molecule has 2 aromatic carbocycles. The number of thiazole rings is 1. The zero-order valence-electron chi connectivity index (χ0n) is 14.4. The Morgan fingerprint density at radius 1 is 1.15 bits per heavy atom. The number of hydrogen-bond acceptors (Lipinski definition) is 4. The van der Waals surface area contributed by atoms with Crippen molar-refractivity contribution in [3.05, 3.63) is 69.1 Å². The molecule has 27 heavy (non-hydrogen) atoms. The Labute approximate surface area is 171 Å². The molecule has 0 aliphatic rings. The van der Waals surface area contributed by atoms with Crippen LogP contribution in [0.15, 0.2) is 47.8 Å². The monoisotopic (exact) mass is 420 g/mol. The summed E-state index contributed by atoms with van der Waals surface area (Å²) in [5, 5.41) is 15.9. The summed E-state index contributed by atoms with van der Waals surface area (Å²) in [6.45, 7) is 0.597. The Kier molecular flexibility index (Phi) is 6.72. The lowest BCUT2D eigenvalue weighted by Gasteiger charge is -2.05. The molecule has 0 spiro atoms. The number of amides is 1. The summed E-state index contributed by atoms with van der Waals surface area (Å²) in [6.07, 6.45) is 1.91. The number of aromatic hydroxyl groups is 1. The van der Waals surface area contributed by atoms with Crippen LogP contribution in [0.1, 0.15) is 17.7 Å². The minimum Gasteiger partial charge on any atom is -0.508 e. The third kappa shape index (κ3) is 5.70. The van der Waals surface area contributed by atoms with Crippen molar-refractivity contribution in [2.45, 2.75) is 19.3 Å². The molecule has 3 rings (SSSR count). The van der Waals surface area contributed by atoms with Crippen molar-refractivity contribution in [1.82, 2.24) is 10.3 Å². The first-order valence-corrected chi connectivity index (χ1v) is 10.1. The largest absolute Gasteiger partial charge is 0.508 e. The van der Waals surface area contributed by atoms with Gasteiger partial charge in [0.05, 0.1) is 17.1 Å². The Balaban J connectivity index is 1.47. The molecule has 0 saturated carbocycles. The van der Waals surface area contributed by atoms with Crippen LogP contribution >= 0.6 is 34.5 Å². The van der Waals surface area contributed by atoms with E-state index < -0.39 is 0 Å². The maximum Gasteiger partial charge on any atom is 0.226 e. The maximum absolute atomic E-state index is 12.1. The first-order chi connectivity index (χ1) is 13.0. The lowest BCUT2D eigenvalue weighted by atomic mass is 10.1. The first kappa shape index (κ1) is 19.7. The summed E-state index contributed by atoms with van der Waals surface area (Å²) in [6, 6.07) is 12.4. The van der Waals surface area contributed by atoms with Crippen molar-refractivity contribution >= 4 is 40.4 Å². The van der Waals surface area contributed by atoms with Crippen LogP contribution in [0.4, 0.5) is 0 Å². The van der Waals surface area contributed by atoms with Crippen LogP contribution < -0.4 is 5.32 Å². The van der Waals surface area contributed by atoms with Crippen molar-refractivity contribution in [2.75, 3.05) is 6.54 Å². The molecule has 1 amide bonds. The van der Waals surface area contributed by atoms with Gasteiger partial charge in [-0.15, -0.1) is 11.3 Å². The smallest absolute Gasteiger partial charge is 0.226 e. The fourth-order valence-electron chi connectivity index (χ4n) is 2.58. The molecule has 0 atom stereocenters. The molecule has 0 unspecified atom stereocenters. The van der Waals surface area contributed by atoms with Gasteiger partial charge in [-0.05, 0) is 48.7 Å². The number of rotatable bonds is 7. The molecule has 2 N–H and O–H groups in total. The third-order valence-electron chi connectivity index (χ3n) is 3.96. The number of nitrogens with one attached hydrogen (secondary N) is 1. The predicted octanol–water partition coefficient (Wildman–Crippen LogP) is 5.11. The number of aryl methyl sites for hydroxylation is 1. The van der Waals surface area contributed by atoms with Crippen molar-refractivity contribution in [2.24, 2.45) is 0 Å². The highest BCUT2D eigenvalue weighted by atomic mass is 35.5. The summed E-state index contributed by atoms with van der Waals surface area (Å²) in [5.41, 5.74) is 2.66. The van der Waals surface area contributed by atoms with E-state index in [0.29, 0.717) is 16.6 Å².